The van der Waals surface area contributed by atoms with E-state index in [1.807, 2.05) is 6.92 Å². The third-order valence-electron chi connectivity index (χ3n) is 1.39. The highest BCUT2D eigenvalue weighted by atomic mass is 35.5. The van der Waals surface area contributed by atoms with E-state index in [4.69, 9.17) is 22.4 Å². The molecule has 0 atom stereocenters. The molecule has 0 fully saturated rings. The normalized spacial score (nSPS) is 9.80. The zero-order valence-corrected chi connectivity index (χ0v) is 6.31. The molecular weight excluding hydrogens is 150 g/mol. The van der Waals surface area contributed by atoms with Gasteiger partial charge in [0.25, 0.3) is 0 Å². The Labute approximate surface area is 64.2 Å². The molecule has 3 heteroatoms. The molecule has 1 aromatic carbocycles. The molecule has 0 aliphatic carbocycles. The Morgan fingerprint density at radius 3 is 2.60 bits per heavy atom. The fourth-order valence-electron chi connectivity index (χ4n) is 0.682. The number of phenols is 1. The predicted molar refractivity (Wildman–Crippen MR) is 42.3 cm³/mol. The van der Waals surface area contributed by atoms with E-state index in [-0.39, 0.29) is 5.75 Å². The molecule has 10 heavy (non-hydrogen) atoms. The zero-order chi connectivity index (χ0) is 7.72. The van der Waals surface area contributed by atoms with Crippen LogP contribution in [-0.2, 0) is 0 Å². The number of nitrogens with two attached hydrogens (primary N) is 1. The van der Waals surface area contributed by atoms with Gasteiger partial charge in [0.05, 0.1) is 10.7 Å². The van der Waals surface area contributed by atoms with Crippen LogP contribution in [0.15, 0.2) is 12.1 Å². The molecule has 0 bridgehead atoms. The number of hydrogen-bond acceptors (Lipinski definition) is 2. The summed E-state index contributed by atoms with van der Waals surface area (Å²) in [5, 5.41) is 9.42. The lowest BCUT2D eigenvalue weighted by molar-refractivity contribution is 0.478. The first kappa shape index (κ1) is 7.22. The zero-order valence-electron chi connectivity index (χ0n) is 5.56. The van der Waals surface area contributed by atoms with Crippen molar-refractivity contribution in [3.05, 3.63) is 22.7 Å². The van der Waals surface area contributed by atoms with Crippen molar-refractivity contribution in [3.63, 3.8) is 0 Å². The molecule has 0 saturated carbocycles. The maximum Gasteiger partial charge on any atom is 0.157 e. The Morgan fingerprint density at radius 2 is 2.10 bits per heavy atom. The number of rotatable bonds is 0. The maximum absolute atomic E-state index is 9.13. The minimum atomic E-state index is -0.0262. The van der Waals surface area contributed by atoms with Gasteiger partial charge in [0, 0.05) is 0 Å². The van der Waals surface area contributed by atoms with E-state index in [1.165, 1.54) is 0 Å². The molecule has 0 spiro atoms. The van der Waals surface area contributed by atoms with Crippen LogP contribution >= 0.6 is 11.6 Å². The molecule has 1 aromatic rings. The van der Waals surface area contributed by atoms with E-state index < -0.39 is 0 Å². The number of hydrogen-bond donors (Lipinski definition) is 2. The number of anilines is 1. The van der Waals surface area contributed by atoms with Crippen LogP contribution in [-0.4, -0.2) is 5.11 Å². The summed E-state index contributed by atoms with van der Waals surface area (Å²) in [7, 11) is 0. The second kappa shape index (κ2) is 2.39. The highest BCUT2D eigenvalue weighted by Crippen LogP contribution is 2.31. The molecule has 0 heterocycles. The molecule has 0 aromatic heterocycles. The SMILES string of the molecule is Cc1ccc(Cl)c(O)c1N. The highest BCUT2D eigenvalue weighted by Gasteiger charge is 2.03. The summed E-state index contributed by atoms with van der Waals surface area (Å²) in [5.41, 5.74) is 6.64. The standard InChI is InChI=1S/C7H8ClNO/c1-4-2-3-5(8)7(10)6(4)9/h2-3,10H,9H2,1H3. The van der Waals surface area contributed by atoms with Gasteiger partial charge in [0.2, 0.25) is 0 Å². The van der Waals surface area contributed by atoms with Gasteiger partial charge in [-0.25, -0.2) is 0 Å². The lowest BCUT2D eigenvalue weighted by Crippen LogP contribution is -1.89. The second-order valence-electron chi connectivity index (χ2n) is 2.13. The largest absolute Gasteiger partial charge is 0.504 e. The summed E-state index contributed by atoms with van der Waals surface area (Å²) in [6.45, 7) is 1.81. The number of halogens is 1. The Kier molecular flexibility index (Phi) is 1.72. The van der Waals surface area contributed by atoms with Crippen LogP contribution in [0.2, 0.25) is 5.02 Å². The smallest absolute Gasteiger partial charge is 0.157 e. The summed E-state index contributed by atoms with van der Waals surface area (Å²) >= 11 is 5.56. The van der Waals surface area contributed by atoms with Crippen LogP contribution in [0, 0.1) is 6.92 Å². The maximum atomic E-state index is 9.13. The van der Waals surface area contributed by atoms with E-state index in [2.05, 4.69) is 0 Å². The van der Waals surface area contributed by atoms with Gasteiger partial charge in [0.15, 0.2) is 5.75 Å². The minimum absolute atomic E-state index is 0.0262. The third kappa shape index (κ3) is 1.02. The van der Waals surface area contributed by atoms with Gasteiger partial charge in [-0.15, -0.1) is 0 Å². The van der Waals surface area contributed by atoms with E-state index in [1.54, 1.807) is 12.1 Å². The molecular formula is C7H8ClNO. The van der Waals surface area contributed by atoms with Crippen LogP contribution in [0.25, 0.3) is 0 Å². The highest BCUT2D eigenvalue weighted by molar-refractivity contribution is 6.32. The lowest BCUT2D eigenvalue weighted by atomic mass is 10.2. The van der Waals surface area contributed by atoms with Gasteiger partial charge in [-0.05, 0) is 18.6 Å². The average molecular weight is 158 g/mol. The van der Waals surface area contributed by atoms with E-state index in [0.717, 1.165) is 5.56 Å². The second-order valence-corrected chi connectivity index (χ2v) is 2.53. The predicted octanol–water partition coefficient (Wildman–Crippen LogP) is 1.94. The summed E-state index contributed by atoms with van der Waals surface area (Å²) in [6.07, 6.45) is 0. The Bertz CT molecular complexity index is 233. The third-order valence-corrected chi connectivity index (χ3v) is 1.69. The monoisotopic (exact) mass is 157 g/mol. The first-order chi connectivity index (χ1) is 4.63. The summed E-state index contributed by atoms with van der Waals surface area (Å²) in [4.78, 5) is 0. The van der Waals surface area contributed by atoms with Gasteiger partial charge in [-0.2, -0.15) is 0 Å². The van der Waals surface area contributed by atoms with E-state index in [0.29, 0.717) is 10.7 Å². The molecule has 1 rings (SSSR count). The van der Waals surface area contributed by atoms with Gasteiger partial charge in [0.1, 0.15) is 0 Å². The topological polar surface area (TPSA) is 46.2 Å². The number of aromatic hydroxyl groups is 1. The first-order valence-corrected chi connectivity index (χ1v) is 3.24. The number of nitrogen functional groups attached to an aromatic ring is 1. The summed E-state index contributed by atoms with van der Waals surface area (Å²) in [5.74, 6) is -0.0262. The van der Waals surface area contributed by atoms with Crippen molar-refractivity contribution in [1.29, 1.82) is 0 Å². The van der Waals surface area contributed by atoms with Gasteiger partial charge in [-0.3, -0.25) is 0 Å². The fourth-order valence-corrected chi connectivity index (χ4v) is 0.847. The van der Waals surface area contributed by atoms with Crippen LogP contribution in [0.4, 0.5) is 5.69 Å². The van der Waals surface area contributed by atoms with E-state index in [9.17, 15) is 0 Å². The van der Waals surface area contributed by atoms with Crippen molar-refractivity contribution in [3.8, 4) is 5.75 Å². The lowest BCUT2D eigenvalue weighted by Gasteiger charge is -2.02. The first-order valence-electron chi connectivity index (χ1n) is 2.86. The fraction of sp³-hybridized carbons (Fsp3) is 0.143. The molecule has 0 saturated heterocycles. The van der Waals surface area contributed by atoms with Crippen molar-refractivity contribution in [2.45, 2.75) is 6.92 Å². The average Bonchev–Trinajstić information content (AvgIpc) is 1.93. The summed E-state index contributed by atoms with van der Waals surface area (Å²) in [6, 6.07) is 3.37. The molecule has 0 aliphatic rings. The number of phenolic OH excluding ortho intramolecular Hbond substituents is 1. The molecule has 54 valence electrons. The molecule has 2 nitrogen and oxygen atoms in total. The van der Waals surface area contributed by atoms with Gasteiger partial charge in [-0.1, -0.05) is 17.7 Å². The Morgan fingerprint density at radius 1 is 1.50 bits per heavy atom. The molecule has 0 radical (unpaired) electrons. The van der Waals surface area contributed by atoms with Gasteiger partial charge >= 0.3 is 0 Å². The summed E-state index contributed by atoms with van der Waals surface area (Å²) < 4.78 is 0. The number of aryl methyl sites for hydroxylation is 1. The van der Waals surface area contributed by atoms with Crippen molar-refractivity contribution >= 4 is 17.3 Å². The molecule has 3 N–H and O–H groups in total. The molecule has 0 aliphatic heterocycles. The van der Waals surface area contributed by atoms with Crippen molar-refractivity contribution in [2.75, 3.05) is 5.73 Å². The quantitative estimate of drug-likeness (QED) is 0.447. The van der Waals surface area contributed by atoms with Gasteiger partial charge < -0.3 is 10.8 Å². The number of benzene rings is 1. The van der Waals surface area contributed by atoms with Crippen LogP contribution in [0.5, 0.6) is 5.75 Å². The van der Waals surface area contributed by atoms with E-state index >= 15 is 0 Å². The van der Waals surface area contributed by atoms with Crippen LogP contribution in [0.3, 0.4) is 0 Å². The van der Waals surface area contributed by atoms with Crippen LogP contribution < -0.4 is 5.73 Å². The van der Waals surface area contributed by atoms with Crippen LogP contribution in [0.1, 0.15) is 5.56 Å². The molecule has 0 unspecified atom stereocenters. The molecule has 0 amide bonds. The van der Waals surface area contributed by atoms with Crippen molar-refractivity contribution in [1.82, 2.24) is 0 Å². The minimum Gasteiger partial charge on any atom is -0.504 e. The Hall–Kier alpha value is -0.890. The van der Waals surface area contributed by atoms with Crippen molar-refractivity contribution in [2.24, 2.45) is 0 Å². The van der Waals surface area contributed by atoms with Crippen molar-refractivity contribution < 1.29 is 5.11 Å². The Balaban J connectivity index is 3.34.